The summed E-state index contributed by atoms with van der Waals surface area (Å²) >= 11 is 4.34. The second kappa shape index (κ2) is 27.4. The highest BCUT2D eigenvalue weighted by atomic mass is 32.1. The van der Waals surface area contributed by atoms with Crippen LogP contribution in [0, 0.1) is 0 Å². The number of nitrogens with zero attached hydrogens (tertiary/aromatic N) is 2. The number of hydrogen-bond donors (Lipinski definition) is 13. The highest BCUT2D eigenvalue weighted by Crippen LogP contribution is 2.19. The summed E-state index contributed by atoms with van der Waals surface area (Å²) in [5.41, 5.74) is 19.4. The number of H-pyrrole nitrogens is 2. The lowest BCUT2D eigenvalue weighted by molar-refractivity contribution is -0.135. The van der Waals surface area contributed by atoms with Crippen molar-refractivity contribution < 1.29 is 38.4 Å². The number of aromatic amines is 2. The van der Waals surface area contributed by atoms with Crippen molar-refractivity contribution >= 4 is 76.7 Å². The molecule has 0 aliphatic carbocycles. The molecule has 4 aromatic rings. The molecule has 0 aliphatic heterocycles. The number of unbranched alkanes of at least 4 members (excludes halogenated alkanes) is 1. The van der Waals surface area contributed by atoms with E-state index in [9.17, 15) is 38.4 Å². The number of rotatable bonds is 28. The van der Waals surface area contributed by atoms with Crippen LogP contribution in [-0.2, 0) is 57.6 Å². The number of benzene rings is 2. The minimum atomic E-state index is -1.36. The number of carbonyl (C=O) groups is 8. The normalized spacial score (nSPS) is 14.0. The van der Waals surface area contributed by atoms with E-state index in [-0.39, 0.29) is 50.4 Å². The SMILES string of the molecule is CCCC[C@H](NC(C)=O)C(=O)N[C@@H](C)C(=O)N[C@@H](Cc1cnc[nH]1)C(=O)N[C@H](Cc1ccccc1)C(=O)N[C@@H](CS)C(=O)N[C@@H](CCCN=C(N)N)C(=O)N[C@@H](Cc1c[nH]c2ccccc12)C(N)=O. The number of guanidine groups is 1. The van der Waals surface area contributed by atoms with Gasteiger partial charge in [-0.1, -0.05) is 68.3 Å². The second-order valence-electron chi connectivity index (χ2n) is 16.5. The highest BCUT2D eigenvalue weighted by Gasteiger charge is 2.33. The highest BCUT2D eigenvalue weighted by molar-refractivity contribution is 7.80. The molecule has 23 heteroatoms. The molecule has 0 bridgehead atoms. The summed E-state index contributed by atoms with van der Waals surface area (Å²) in [6.45, 7) is 4.76. The number of nitrogens with two attached hydrogens (primary N) is 3. The van der Waals surface area contributed by atoms with Gasteiger partial charge in [-0.2, -0.15) is 12.6 Å². The fraction of sp³-hybridized carbons (Fsp3) is 0.435. The molecule has 15 N–H and O–H groups in total. The lowest BCUT2D eigenvalue weighted by atomic mass is 10.0. The summed E-state index contributed by atoms with van der Waals surface area (Å²) in [6.07, 6.45) is 6.45. The molecule has 0 radical (unpaired) electrons. The molecular formula is C46H64N14O8S. The number of carbonyl (C=O) groups excluding carboxylic acids is 8. The molecule has 0 unspecified atom stereocenters. The van der Waals surface area contributed by atoms with Crippen LogP contribution in [0.4, 0.5) is 0 Å². The Labute approximate surface area is 405 Å². The Kier molecular flexibility index (Phi) is 21.5. The summed E-state index contributed by atoms with van der Waals surface area (Å²) < 4.78 is 0. The zero-order valence-corrected chi connectivity index (χ0v) is 39.8. The predicted octanol–water partition coefficient (Wildman–Crippen LogP) is -0.989. The molecule has 0 spiro atoms. The Balaban J connectivity index is 1.53. The van der Waals surface area contributed by atoms with E-state index in [0.29, 0.717) is 24.1 Å². The van der Waals surface area contributed by atoms with Crippen molar-refractivity contribution in [3.05, 3.63) is 90.1 Å². The minimum Gasteiger partial charge on any atom is -0.370 e. The quantitative estimate of drug-likeness (QED) is 0.0142. The van der Waals surface area contributed by atoms with Gasteiger partial charge in [0, 0.05) is 67.5 Å². The van der Waals surface area contributed by atoms with Gasteiger partial charge in [0.05, 0.1) is 6.33 Å². The van der Waals surface area contributed by atoms with Crippen LogP contribution in [-0.4, -0.2) is 123 Å². The third-order valence-electron chi connectivity index (χ3n) is 11.0. The summed E-state index contributed by atoms with van der Waals surface area (Å²) in [7, 11) is 0. The summed E-state index contributed by atoms with van der Waals surface area (Å²) in [5.74, 6) is -6.09. The first-order valence-corrected chi connectivity index (χ1v) is 23.2. The molecule has 22 nitrogen and oxygen atoms in total. The van der Waals surface area contributed by atoms with E-state index in [4.69, 9.17) is 17.2 Å². The fourth-order valence-corrected chi connectivity index (χ4v) is 7.54. The van der Waals surface area contributed by atoms with Crippen LogP contribution in [0.2, 0.25) is 0 Å². The maximum atomic E-state index is 14.2. The minimum absolute atomic E-state index is 0.00727. The molecule has 8 amide bonds. The fourth-order valence-electron chi connectivity index (χ4n) is 7.28. The second-order valence-corrected chi connectivity index (χ2v) is 16.9. The number of aromatic nitrogens is 3. The van der Waals surface area contributed by atoms with Crippen molar-refractivity contribution in [3.63, 3.8) is 0 Å². The van der Waals surface area contributed by atoms with E-state index in [1.165, 1.54) is 26.4 Å². The Bertz CT molecular complexity index is 2390. The van der Waals surface area contributed by atoms with Crippen LogP contribution in [0.3, 0.4) is 0 Å². The average molecular weight is 973 g/mol. The first-order valence-electron chi connectivity index (χ1n) is 22.6. The van der Waals surface area contributed by atoms with Crippen molar-refractivity contribution in [2.45, 2.75) is 114 Å². The first-order chi connectivity index (χ1) is 33.0. The van der Waals surface area contributed by atoms with E-state index in [2.05, 4.69) is 69.8 Å². The van der Waals surface area contributed by atoms with Crippen LogP contribution in [0.15, 0.2) is 78.3 Å². The number of amides is 8. The van der Waals surface area contributed by atoms with Gasteiger partial charge < -0.3 is 64.4 Å². The monoisotopic (exact) mass is 972 g/mol. The molecule has 0 saturated heterocycles. The van der Waals surface area contributed by atoms with Gasteiger partial charge in [0.2, 0.25) is 47.3 Å². The van der Waals surface area contributed by atoms with Gasteiger partial charge >= 0.3 is 0 Å². The van der Waals surface area contributed by atoms with E-state index in [1.807, 2.05) is 31.2 Å². The average Bonchev–Trinajstić information content (AvgIpc) is 3.99. The van der Waals surface area contributed by atoms with E-state index in [0.717, 1.165) is 22.9 Å². The Morgan fingerprint density at radius 3 is 1.86 bits per heavy atom. The number of aliphatic imine (C=N–C) groups is 1. The Morgan fingerprint density at radius 1 is 0.652 bits per heavy atom. The van der Waals surface area contributed by atoms with Crippen molar-refractivity contribution in [3.8, 4) is 0 Å². The van der Waals surface area contributed by atoms with Crippen LogP contribution < -0.4 is 54.4 Å². The number of primary amides is 1. The maximum Gasteiger partial charge on any atom is 0.244 e. The topological polar surface area (TPSA) is 356 Å². The summed E-state index contributed by atoms with van der Waals surface area (Å²) in [6, 6.07) is 7.69. The number of thiol groups is 1. The molecule has 2 aromatic heterocycles. The molecule has 4 rings (SSSR count). The number of para-hydroxylation sites is 1. The first kappa shape index (κ1) is 54.2. The van der Waals surface area contributed by atoms with Gasteiger partial charge in [-0.05, 0) is 43.4 Å². The lowest BCUT2D eigenvalue weighted by Gasteiger charge is -2.27. The van der Waals surface area contributed by atoms with Gasteiger partial charge in [-0.25, -0.2) is 4.98 Å². The van der Waals surface area contributed by atoms with Crippen molar-refractivity contribution in [1.29, 1.82) is 0 Å². The molecule has 2 aromatic carbocycles. The molecule has 7 atom stereocenters. The maximum absolute atomic E-state index is 14.2. The van der Waals surface area contributed by atoms with Crippen LogP contribution >= 0.6 is 12.6 Å². The zero-order chi connectivity index (χ0) is 50.5. The summed E-state index contributed by atoms with van der Waals surface area (Å²) in [5, 5.41) is 19.4. The smallest absolute Gasteiger partial charge is 0.244 e. The number of hydrogen-bond acceptors (Lipinski definition) is 11. The summed E-state index contributed by atoms with van der Waals surface area (Å²) in [4.78, 5) is 121. The molecule has 372 valence electrons. The number of imidazole rings is 1. The Hall–Kier alpha value is -7.43. The van der Waals surface area contributed by atoms with E-state index >= 15 is 0 Å². The molecule has 0 saturated carbocycles. The lowest BCUT2D eigenvalue weighted by Crippen LogP contribution is -2.60. The van der Waals surface area contributed by atoms with Crippen LogP contribution in [0.5, 0.6) is 0 Å². The van der Waals surface area contributed by atoms with E-state index in [1.54, 1.807) is 36.5 Å². The Morgan fingerprint density at radius 2 is 1.22 bits per heavy atom. The third-order valence-corrected chi connectivity index (χ3v) is 11.3. The number of fused-ring (bicyclic) bond motifs is 1. The van der Waals surface area contributed by atoms with Crippen molar-refractivity contribution in [2.75, 3.05) is 12.3 Å². The third kappa shape index (κ3) is 17.6. The van der Waals surface area contributed by atoms with Gasteiger partial charge in [0.15, 0.2) is 5.96 Å². The molecule has 0 aliphatic rings. The van der Waals surface area contributed by atoms with Crippen molar-refractivity contribution in [1.82, 2.24) is 52.2 Å². The van der Waals surface area contributed by atoms with Gasteiger partial charge in [0.25, 0.3) is 0 Å². The zero-order valence-electron chi connectivity index (χ0n) is 38.9. The van der Waals surface area contributed by atoms with Gasteiger partial charge in [0.1, 0.15) is 42.3 Å². The predicted molar refractivity (Wildman–Crippen MR) is 262 cm³/mol. The molecular weight excluding hydrogens is 909 g/mol. The van der Waals surface area contributed by atoms with Crippen molar-refractivity contribution in [2.24, 2.45) is 22.2 Å². The molecule has 0 fully saturated rings. The van der Waals surface area contributed by atoms with E-state index < -0.39 is 89.6 Å². The number of nitrogens with one attached hydrogen (secondary N) is 9. The molecule has 69 heavy (non-hydrogen) atoms. The van der Waals surface area contributed by atoms with Crippen LogP contribution in [0.1, 0.15) is 69.7 Å². The standard InChI is InChI=1S/C46H64N14O8S/c1-4-5-15-33(55-27(3)61)41(64)54-26(2)40(63)58-37(21-30-23-50-25-53-30)44(67)59-36(19-28-12-7-6-8-13-28)43(66)60-38(24-69)45(68)56-34(17-11-18-51-46(48)49)42(65)57-35(39(47)62)20-29-22-52-32-16-10-9-14-31(29)32/h6-10,12-14,16,22-23,25-26,33-38,52,69H,4-5,11,15,17-21,24H2,1-3H3,(H2,47,62)(H,50,53)(H,54,64)(H,55,61)(H,56,68)(H,57,65)(H,58,63)(H,59,67)(H,60,66)(H4,48,49,51)/t26-,33-,34-,35-,36+,37-,38-/m0/s1. The largest absolute Gasteiger partial charge is 0.370 e. The molecule has 2 heterocycles. The van der Waals surface area contributed by atoms with Crippen LogP contribution in [0.25, 0.3) is 10.9 Å². The van der Waals surface area contributed by atoms with Gasteiger partial charge in [-0.15, -0.1) is 0 Å². The van der Waals surface area contributed by atoms with Gasteiger partial charge in [-0.3, -0.25) is 43.3 Å².